The Hall–Kier alpha value is -6.84. The molecule has 3 nitrogen and oxygen atoms in total. The van der Waals surface area contributed by atoms with Gasteiger partial charge < -0.3 is 14.1 Å². The van der Waals surface area contributed by atoms with E-state index >= 15 is 0 Å². The molecule has 0 bridgehead atoms. The third kappa shape index (κ3) is 5.19. The smallest absolute Gasteiger partial charge is 0.0541 e. The van der Waals surface area contributed by atoms with E-state index in [9.17, 15) is 0 Å². The lowest BCUT2D eigenvalue weighted by Crippen LogP contribution is -2.00. The number of rotatable bonds is 6. The number of hydrogen-bond acceptors (Lipinski definition) is 0. The molecular formula is C54H43N3. The molecular weight excluding hydrogens is 691 g/mol. The first-order valence-electron chi connectivity index (χ1n) is 20.2. The molecule has 0 fully saturated rings. The Labute approximate surface area is 332 Å². The molecule has 0 saturated heterocycles. The molecule has 0 atom stereocenters. The molecule has 3 aromatic heterocycles. The summed E-state index contributed by atoms with van der Waals surface area (Å²) in [5, 5.41) is 7.56. The molecule has 274 valence electrons. The van der Waals surface area contributed by atoms with Gasteiger partial charge in [0.15, 0.2) is 0 Å². The van der Waals surface area contributed by atoms with E-state index in [2.05, 4.69) is 212 Å². The molecule has 3 heteroatoms. The standard InChI is InChI=1S/C54H43N3/c1-33(2)39-13-5-9-17-49(39)56-51-19-11-7-15-41(51)45-31-37(23-27-53(45)56)35-21-25-47-43(29-35)44-30-36(22-26-48(44)55-47)38-24-28-54-46(32-38)42-16-8-12-20-52(42)57(54)50-18-10-6-14-40(50)34(3)4/h5-34,55H,1-4H3. The van der Waals surface area contributed by atoms with Crippen molar-refractivity contribution < 1.29 is 0 Å². The number of H-pyrrole nitrogens is 1. The van der Waals surface area contributed by atoms with Crippen molar-refractivity contribution in [1.29, 1.82) is 0 Å². The van der Waals surface area contributed by atoms with Crippen molar-refractivity contribution in [2.24, 2.45) is 0 Å². The third-order valence-electron chi connectivity index (χ3n) is 12.2. The van der Waals surface area contributed by atoms with Crippen molar-refractivity contribution >= 4 is 65.4 Å². The fourth-order valence-electron chi connectivity index (χ4n) is 9.44. The molecule has 0 radical (unpaired) electrons. The van der Waals surface area contributed by atoms with Crippen LogP contribution in [0.4, 0.5) is 0 Å². The average Bonchev–Trinajstić information content (AvgIpc) is 3.90. The van der Waals surface area contributed by atoms with Crippen molar-refractivity contribution in [3.8, 4) is 33.6 Å². The first-order chi connectivity index (χ1) is 27.9. The Kier molecular flexibility index (Phi) is 7.56. The summed E-state index contributed by atoms with van der Waals surface area (Å²) in [6, 6.07) is 63.1. The molecule has 57 heavy (non-hydrogen) atoms. The van der Waals surface area contributed by atoms with Gasteiger partial charge in [0.05, 0.1) is 22.1 Å². The van der Waals surface area contributed by atoms with Gasteiger partial charge in [-0.05, 0) is 118 Å². The van der Waals surface area contributed by atoms with Crippen LogP contribution in [0, 0.1) is 0 Å². The minimum Gasteiger partial charge on any atom is -0.355 e. The Morgan fingerprint density at radius 1 is 0.333 bits per heavy atom. The summed E-state index contributed by atoms with van der Waals surface area (Å²) in [6.45, 7) is 9.11. The normalized spacial score (nSPS) is 12.2. The van der Waals surface area contributed by atoms with Crippen molar-refractivity contribution in [2.45, 2.75) is 39.5 Å². The highest BCUT2D eigenvalue weighted by molar-refractivity contribution is 6.14. The van der Waals surface area contributed by atoms with E-state index < -0.39 is 0 Å². The zero-order valence-electron chi connectivity index (χ0n) is 32.7. The van der Waals surface area contributed by atoms with Crippen LogP contribution in [-0.4, -0.2) is 14.1 Å². The maximum Gasteiger partial charge on any atom is 0.0541 e. The van der Waals surface area contributed by atoms with Crippen molar-refractivity contribution in [3.63, 3.8) is 0 Å². The Bertz CT molecular complexity index is 3140. The number of para-hydroxylation sites is 4. The second kappa shape index (κ2) is 12.9. The molecule has 0 unspecified atom stereocenters. The highest BCUT2D eigenvalue weighted by Gasteiger charge is 2.19. The molecule has 1 N–H and O–H groups in total. The van der Waals surface area contributed by atoms with Gasteiger partial charge in [-0.3, -0.25) is 0 Å². The lowest BCUT2D eigenvalue weighted by Gasteiger charge is -2.16. The summed E-state index contributed by atoms with van der Waals surface area (Å²) in [5.74, 6) is 0.838. The van der Waals surface area contributed by atoms with Crippen molar-refractivity contribution in [1.82, 2.24) is 14.1 Å². The van der Waals surface area contributed by atoms with Gasteiger partial charge in [-0.25, -0.2) is 0 Å². The average molecular weight is 734 g/mol. The molecule has 0 spiro atoms. The Morgan fingerprint density at radius 3 is 1.12 bits per heavy atom. The first kappa shape index (κ1) is 33.5. The van der Waals surface area contributed by atoms with Crippen LogP contribution < -0.4 is 0 Å². The van der Waals surface area contributed by atoms with E-state index in [1.54, 1.807) is 0 Å². The minimum absolute atomic E-state index is 0.419. The van der Waals surface area contributed by atoms with Crippen LogP contribution in [0.5, 0.6) is 0 Å². The molecule has 0 saturated carbocycles. The molecule has 0 aliphatic carbocycles. The summed E-state index contributed by atoms with van der Waals surface area (Å²) in [5.41, 5.74) is 17.3. The quantitative estimate of drug-likeness (QED) is 0.176. The van der Waals surface area contributed by atoms with Crippen LogP contribution in [0.25, 0.3) is 99.0 Å². The molecule has 0 aliphatic heterocycles. The Morgan fingerprint density at radius 2 is 0.684 bits per heavy atom. The highest BCUT2D eigenvalue weighted by atomic mass is 15.0. The van der Waals surface area contributed by atoms with Gasteiger partial charge in [-0.2, -0.15) is 0 Å². The van der Waals surface area contributed by atoms with E-state index in [-0.39, 0.29) is 0 Å². The largest absolute Gasteiger partial charge is 0.355 e. The van der Waals surface area contributed by atoms with Crippen LogP contribution in [-0.2, 0) is 0 Å². The number of aromatic amines is 1. The van der Waals surface area contributed by atoms with Crippen LogP contribution in [0.2, 0.25) is 0 Å². The van der Waals surface area contributed by atoms with E-state index in [0.717, 1.165) is 11.0 Å². The van der Waals surface area contributed by atoms with E-state index in [0.29, 0.717) is 11.8 Å². The summed E-state index contributed by atoms with van der Waals surface area (Å²) in [7, 11) is 0. The maximum atomic E-state index is 3.71. The van der Waals surface area contributed by atoms with Gasteiger partial charge in [-0.1, -0.05) is 125 Å². The molecule has 11 rings (SSSR count). The zero-order valence-corrected chi connectivity index (χ0v) is 32.7. The fraction of sp³-hybridized carbons (Fsp3) is 0.111. The Balaban J connectivity index is 1.03. The molecule has 3 heterocycles. The van der Waals surface area contributed by atoms with Crippen LogP contribution in [0.1, 0.15) is 50.7 Å². The van der Waals surface area contributed by atoms with Crippen molar-refractivity contribution in [2.75, 3.05) is 0 Å². The molecule has 0 amide bonds. The fourth-order valence-corrected chi connectivity index (χ4v) is 9.44. The van der Waals surface area contributed by atoms with E-state index in [4.69, 9.17) is 0 Å². The maximum absolute atomic E-state index is 3.71. The van der Waals surface area contributed by atoms with E-state index in [1.165, 1.54) is 99.1 Å². The zero-order chi connectivity index (χ0) is 38.4. The number of hydrogen-bond donors (Lipinski definition) is 1. The number of benzene rings is 8. The van der Waals surface area contributed by atoms with E-state index in [1.807, 2.05) is 0 Å². The van der Waals surface area contributed by atoms with Crippen LogP contribution in [0.3, 0.4) is 0 Å². The minimum atomic E-state index is 0.419. The molecule has 11 aromatic rings. The first-order valence-corrected chi connectivity index (χ1v) is 20.2. The number of aromatic nitrogens is 3. The number of nitrogens with one attached hydrogen (secondary N) is 1. The SMILES string of the molecule is CC(C)c1ccccc1-n1c2ccccc2c2cc(-c3ccc4[nH]c5ccc(-c6ccc7c(c6)c6ccccc6n7-c6ccccc6C(C)C)cc5c4c3)ccc21. The number of fused-ring (bicyclic) bond motifs is 9. The predicted octanol–water partition coefficient (Wildman–Crippen LogP) is 15.1. The monoisotopic (exact) mass is 733 g/mol. The molecule has 0 aliphatic rings. The topological polar surface area (TPSA) is 25.6 Å². The predicted molar refractivity (Wildman–Crippen MR) is 244 cm³/mol. The lowest BCUT2D eigenvalue weighted by atomic mass is 9.98. The lowest BCUT2D eigenvalue weighted by molar-refractivity contribution is 0.854. The van der Waals surface area contributed by atoms with Gasteiger partial charge in [0.2, 0.25) is 0 Å². The second-order valence-corrected chi connectivity index (χ2v) is 16.2. The van der Waals surface area contributed by atoms with Gasteiger partial charge in [-0.15, -0.1) is 0 Å². The molecule has 8 aromatic carbocycles. The number of nitrogens with zero attached hydrogens (tertiary/aromatic N) is 2. The van der Waals surface area contributed by atoms with Crippen molar-refractivity contribution in [3.05, 3.63) is 181 Å². The summed E-state index contributed by atoms with van der Waals surface area (Å²) >= 11 is 0. The summed E-state index contributed by atoms with van der Waals surface area (Å²) < 4.78 is 4.90. The third-order valence-corrected chi connectivity index (χ3v) is 12.2. The second-order valence-electron chi connectivity index (χ2n) is 16.2. The summed E-state index contributed by atoms with van der Waals surface area (Å²) in [6.07, 6.45) is 0. The van der Waals surface area contributed by atoms with Gasteiger partial charge >= 0.3 is 0 Å². The van der Waals surface area contributed by atoms with Gasteiger partial charge in [0.1, 0.15) is 0 Å². The van der Waals surface area contributed by atoms with Crippen LogP contribution in [0.15, 0.2) is 170 Å². The van der Waals surface area contributed by atoms with Gasteiger partial charge in [0, 0.05) is 54.7 Å². The highest BCUT2D eigenvalue weighted by Crippen LogP contribution is 2.40. The van der Waals surface area contributed by atoms with Crippen LogP contribution >= 0.6 is 0 Å². The van der Waals surface area contributed by atoms with Gasteiger partial charge in [0.25, 0.3) is 0 Å². The summed E-state index contributed by atoms with van der Waals surface area (Å²) in [4.78, 5) is 3.71.